The van der Waals surface area contributed by atoms with Gasteiger partial charge in [0.25, 0.3) is 0 Å². The van der Waals surface area contributed by atoms with E-state index in [1.165, 1.54) is 16.4 Å². The Kier molecular flexibility index (Phi) is 6.34. The van der Waals surface area contributed by atoms with Crippen LogP contribution in [0.25, 0.3) is 0 Å². The number of nitrogens with one attached hydrogen (secondary N) is 2. The minimum Gasteiger partial charge on any atom is -0.322 e. The third kappa shape index (κ3) is 5.42. The number of amides is 1. The molecule has 23 heavy (non-hydrogen) atoms. The van der Waals surface area contributed by atoms with Crippen molar-refractivity contribution in [1.82, 2.24) is 9.62 Å². The van der Waals surface area contributed by atoms with E-state index in [0.29, 0.717) is 13.1 Å². The molecule has 0 unspecified atom stereocenters. The van der Waals surface area contributed by atoms with Crippen molar-refractivity contribution in [3.63, 3.8) is 0 Å². The summed E-state index contributed by atoms with van der Waals surface area (Å²) in [5.41, 5.74) is 0.0332. The third-order valence-corrected chi connectivity index (χ3v) is 5.59. The molecule has 2 rings (SSSR count). The van der Waals surface area contributed by atoms with Gasteiger partial charge >= 0.3 is 0 Å². The number of carbonyl (C=O) groups is 1. The van der Waals surface area contributed by atoms with Crippen molar-refractivity contribution in [2.45, 2.75) is 12.8 Å². The van der Waals surface area contributed by atoms with Crippen molar-refractivity contribution < 1.29 is 17.6 Å². The SMILES string of the molecule is O=C(CNCCS(=O)(=O)N1CCCC1)Nc1ccc(Cl)cc1F. The fourth-order valence-corrected chi connectivity index (χ4v) is 3.92. The second-order valence-electron chi connectivity index (χ2n) is 5.27. The zero-order chi connectivity index (χ0) is 16.9. The Morgan fingerprint density at radius 1 is 1.30 bits per heavy atom. The average Bonchev–Trinajstić information content (AvgIpc) is 3.02. The van der Waals surface area contributed by atoms with E-state index in [4.69, 9.17) is 11.6 Å². The molecular weight excluding hydrogens is 345 g/mol. The molecule has 128 valence electrons. The standard InChI is InChI=1S/C14H19ClFN3O3S/c15-11-3-4-13(12(16)9-11)18-14(20)10-17-5-8-23(21,22)19-6-1-2-7-19/h3-4,9,17H,1-2,5-8,10H2,(H,18,20). The van der Waals surface area contributed by atoms with Gasteiger partial charge in [0.2, 0.25) is 15.9 Å². The molecule has 0 atom stereocenters. The Morgan fingerprint density at radius 2 is 2.00 bits per heavy atom. The lowest BCUT2D eigenvalue weighted by atomic mass is 10.3. The van der Waals surface area contributed by atoms with Crippen molar-refractivity contribution in [3.05, 3.63) is 29.0 Å². The monoisotopic (exact) mass is 363 g/mol. The Labute approximate surface area is 140 Å². The maximum atomic E-state index is 13.5. The number of hydrogen-bond donors (Lipinski definition) is 2. The van der Waals surface area contributed by atoms with Crippen molar-refractivity contribution in [3.8, 4) is 0 Å². The van der Waals surface area contributed by atoms with Gasteiger partial charge < -0.3 is 10.6 Å². The van der Waals surface area contributed by atoms with Gasteiger partial charge in [0.15, 0.2) is 0 Å². The lowest BCUT2D eigenvalue weighted by Crippen LogP contribution is -2.36. The fraction of sp³-hybridized carbons (Fsp3) is 0.500. The number of sulfonamides is 1. The van der Waals surface area contributed by atoms with Crippen molar-refractivity contribution in [2.24, 2.45) is 0 Å². The molecule has 1 heterocycles. The van der Waals surface area contributed by atoms with Crippen LogP contribution in [0, 0.1) is 5.82 Å². The van der Waals surface area contributed by atoms with Crippen LogP contribution < -0.4 is 10.6 Å². The van der Waals surface area contributed by atoms with Crippen LogP contribution >= 0.6 is 11.6 Å². The largest absolute Gasteiger partial charge is 0.322 e. The third-order valence-electron chi connectivity index (χ3n) is 3.49. The predicted molar refractivity (Wildman–Crippen MR) is 87.5 cm³/mol. The van der Waals surface area contributed by atoms with Crippen LogP contribution in [0.4, 0.5) is 10.1 Å². The Morgan fingerprint density at radius 3 is 2.65 bits per heavy atom. The van der Waals surface area contributed by atoms with Gasteiger partial charge in [-0.05, 0) is 31.0 Å². The summed E-state index contributed by atoms with van der Waals surface area (Å²) in [4.78, 5) is 11.7. The molecule has 0 radical (unpaired) electrons. The number of rotatable bonds is 7. The predicted octanol–water partition coefficient (Wildman–Crippen LogP) is 1.43. The molecule has 1 aliphatic rings. The summed E-state index contributed by atoms with van der Waals surface area (Å²) in [6.07, 6.45) is 1.78. The zero-order valence-corrected chi connectivity index (χ0v) is 14.1. The van der Waals surface area contributed by atoms with E-state index in [1.807, 2.05) is 0 Å². The second kappa shape index (κ2) is 8.05. The Hall–Kier alpha value is -1.22. The highest BCUT2D eigenvalue weighted by Gasteiger charge is 2.24. The van der Waals surface area contributed by atoms with Crippen molar-refractivity contribution in [2.75, 3.05) is 37.2 Å². The lowest BCUT2D eigenvalue weighted by Gasteiger charge is -2.15. The maximum Gasteiger partial charge on any atom is 0.238 e. The van der Waals surface area contributed by atoms with E-state index in [-0.39, 0.29) is 29.6 Å². The summed E-state index contributed by atoms with van der Waals surface area (Å²) in [6.45, 7) is 1.20. The molecule has 1 aromatic rings. The van der Waals surface area contributed by atoms with Gasteiger partial charge in [-0.2, -0.15) is 0 Å². The van der Waals surface area contributed by atoms with E-state index in [9.17, 15) is 17.6 Å². The molecule has 2 N–H and O–H groups in total. The Balaban J connectivity index is 1.72. The first-order chi connectivity index (χ1) is 10.9. The minimum absolute atomic E-state index is 0.0332. The number of benzene rings is 1. The molecule has 6 nitrogen and oxygen atoms in total. The van der Waals surface area contributed by atoms with Gasteiger partial charge in [-0.1, -0.05) is 11.6 Å². The molecule has 0 aliphatic carbocycles. The van der Waals surface area contributed by atoms with E-state index in [0.717, 1.165) is 18.9 Å². The maximum absolute atomic E-state index is 13.5. The molecule has 9 heteroatoms. The second-order valence-corrected chi connectivity index (χ2v) is 7.80. The highest BCUT2D eigenvalue weighted by Crippen LogP contribution is 2.18. The van der Waals surface area contributed by atoms with Gasteiger partial charge in [-0.15, -0.1) is 0 Å². The molecule has 1 fully saturated rings. The molecule has 1 aliphatic heterocycles. The van der Waals surface area contributed by atoms with Gasteiger partial charge in [0, 0.05) is 24.7 Å². The summed E-state index contributed by atoms with van der Waals surface area (Å²) in [5.74, 6) is -1.14. The number of anilines is 1. The van der Waals surface area contributed by atoms with Crippen molar-refractivity contribution >= 4 is 33.2 Å². The van der Waals surface area contributed by atoms with Gasteiger partial charge in [0.05, 0.1) is 18.0 Å². The van der Waals surface area contributed by atoms with Crippen LogP contribution in [0.2, 0.25) is 5.02 Å². The highest BCUT2D eigenvalue weighted by atomic mass is 35.5. The normalized spacial score (nSPS) is 15.7. The summed E-state index contributed by atoms with van der Waals surface area (Å²) >= 11 is 5.63. The van der Waals surface area contributed by atoms with Crippen LogP contribution in [0.5, 0.6) is 0 Å². The van der Waals surface area contributed by atoms with Crippen LogP contribution in [-0.4, -0.2) is 50.6 Å². The molecule has 1 aromatic carbocycles. The first kappa shape index (κ1) is 18.1. The first-order valence-corrected chi connectivity index (χ1v) is 9.30. The van der Waals surface area contributed by atoms with Crippen LogP contribution in [0.3, 0.4) is 0 Å². The van der Waals surface area contributed by atoms with E-state index >= 15 is 0 Å². The van der Waals surface area contributed by atoms with E-state index in [2.05, 4.69) is 10.6 Å². The fourth-order valence-electron chi connectivity index (χ4n) is 2.28. The van der Waals surface area contributed by atoms with Crippen LogP contribution in [-0.2, 0) is 14.8 Å². The Bertz CT molecular complexity index is 663. The quantitative estimate of drug-likeness (QED) is 0.718. The minimum atomic E-state index is -3.26. The number of nitrogens with zero attached hydrogens (tertiary/aromatic N) is 1. The van der Waals surface area contributed by atoms with E-state index in [1.54, 1.807) is 0 Å². The molecule has 0 spiro atoms. The van der Waals surface area contributed by atoms with Crippen molar-refractivity contribution in [1.29, 1.82) is 0 Å². The number of carbonyl (C=O) groups excluding carboxylic acids is 1. The van der Waals surface area contributed by atoms with Crippen LogP contribution in [0.1, 0.15) is 12.8 Å². The summed E-state index contributed by atoms with van der Waals surface area (Å²) in [5, 5.41) is 5.39. The molecule has 1 saturated heterocycles. The number of halogens is 2. The lowest BCUT2D eigenvalue weighted by molar-refractivity contribution is -0.115. The topological polar surface area (TPSA) is 78.5 Å². The van der Waals surface area contributed by atoms with E-state index < -0.39 is 21.7 Å². The first-order valence-electron chi connectivity index (χ1n) is 7.32. The zero-order valence-electron chi connectivity index (χ0n) is 12.5. The molecule has 1 amide bonds. The molecule has 0 bridgehead atoms. The summed E-state index contributed by atoms with van der Waals surface area (Å²) in [7, 11) is -3.26. The molecule has 0 aromatic heterocycles. The number of hydrogen-bond acceptors (Lipinski definition) is 4. The highest BCUT2D eigenvalue weighted by molar-refractivity contribution is 7.89. The molecule has 0 saturated carbocycles. The molecular formula is C14H19ClFN3O3S. The van der Waals surface area contributed by atoms with Gasteiger partial charge in [-0.25, -0.2) is 17.1 Å². The summed E-state index contributed by atoms with van der Waals surface area (Å²) in [6, 6.07) is 3.94. The average molecular weight is 364 g/mol. The summed E-state index contributed by atoms with van der Waals surface area (Å²) < 4.78 is 38.9. The smallest absolute Gasteiger partial charge is 0.238 e. The van der Waals surface area contributed by atoms with Crippen LogP contribution in [0.15, 0.2) is 18.2 Å². The van der Waals surface area contributed by atoms with Gasteiger partial charge in [0.1, 0.15) is 5.82 Å². The van der Waals surface area contributed by atoms with Gasteiger partial charge in [-0.3, -0.25) is 4.79 Å².